The van der Waals surface area contributed by atoms with Crippen LogP contribution in [0.25, 0.3) is 0 Å². The van der Waals surface area contributed by atoms with E-state index in [0.717, 1.165) is 46.1 Å². The number of hydroxylamine groups is 1. The molecule has 0 unspecified atom stereocenters. The average Bonchev–Trinajstić information content (AvgIpc) is 3.95. The lowest BCUT2D eigenvalue weighted by molar-refractivity contribution is 0.176. The summed E-state index contributed by atoms with van der Waals surface area (Å²) in [6, 6.07) is 4.11. The zero-order valence-electron chi connectivity index (χ0n) is 35.1. The fourth-order valence-electron chi connectivity index (χ4n) is 3.86. The highest BCUT2D eigenvalue weighted by Gasteiger charge is 2.12. The number of amidine groups is 1. The molecule has 0 fully saturated rings. The Morgan fingerprint density at radius 3 is 1.67 bits per heavy atom. The van der Waals surface area contributed by atoms with Crippen molar-refractivity contribution in [2.75, 3.05) is 0 Å². The van der Waals surface area contributed by atoms with Gasteiger partial charge < -0.3 is 13.8 Å². The number of hydrogen-bond acceptors (Lipinski definition) is 14. The molecule has 1 aliphatic rings. The summed E-state index contributed by atoms with van der Waals surface area (Å²) in [4.78, 5) is 36.2. The summed E-state index contributed by atoms with van der Waals surface area (Å²) in [6.07, 6.45) is 4.53. The molecule has 0 aliphatic carbocycles. The second kappa shape index (κ2) is 27.8. The van der Waals surface area contributed by atoms with Crippen LogP contribution in [-0.2, 0) is 4.84 Å². The van der Waals surface area contributed by atoms with Crippen molar-refractivity contribution in [2.24, 2.45) is 10.9 Å². The molecule has 16 heteroatoms. The fourth-order valence-corrected chi connectivity index (χ4v) is 5.22. The highest BCUT2D eigenvalue weighted by molar-refractivity contribution is 7.05. The molecule has 6 heterocycles. The lowest BCUT2D eigenvalue weighted by Gasteiger charge is -2.02. The van der Waals surface area contributed by atoms with E-state index in [1.165, 1.54) is 23.7 Å². The van der Waals surface area contributed by atoms with Crippen molar-refractivity contribution >= 4 is 29.1 Å². The smallest absolute Gasteiger partial charge is 0.281 e. The number of aryl methyl sites for hydroxylation is 3. The van der Waals surface area contributed by atoms with Crippen LogP contribution in [0.2, 0.25) is 0 Å². The summed E-state index contributed by atoms with van der Waals surface area (Å²) >= 11 is 2.71. The Hall–Kier alpha value is -4.70. The van der Waals surface area contributed by atoms with Gasteiger partial charge in [0.2, 0.25) is 5.88 Å². The van der Waals surface area contributed by atoms with Gasteiger partial charge in [-0.25, -0.2) is 10.5 Å². The van der Waals surface area contributed by atoms with Crippen LogP contribution in [-0.4, -0.2) is 39.3 Å². The molecule has 0 spiro atoms. The molecule has 0 saturated heterocycles. The fraction of sp³-hybridized carbons (Fsp3) is 0.561. The Morgan fingerprint density at radius 1 is 0.754 bits per heavy atom. The van der Waals surface area contributed by atoms with Crippen molar-refractivity contribution in [1.82, 2.24) is 38.9 Å². The maximum Gasteiger partial charge on any atom is 0.281 e. The van der Waals surface area contributed by atoms with Gasteiger partial charge in [0.25, 0.3) is 5.56 Å². The van der Waals surface area contributed by atoms with Crippen LogP contribution in [0.3, 0.4) is 0 Å². The molecule has 320 valence electrons. The number of aromatic amines is 2. The number of rotatable bonds is 6. The van der Waals surface area contributed by atoms with Gasteiger partial charge in [-0.2, -0.15) is 18.8 Å². The number of aliphatic imine (C=N–C) groups is 1. The molecule has 0 bridgehead atoms. The lowest BCUT2D eigenvalue weighted by Crippen LogP contribution is -2.21. The van der Waals surface area contributed by atoms with Gasteiger partial charge in [0.15, 0.2) is 5.43 Å². The van der Waals surface area contributed by atoms with E-state index in [-0.39, 0.29) is 37.7 Å². The van der Waals surface area contributed by atoms with Crippen molar-refractivity contribution in [3.05, 3.63) is 109 Å². The normalized spacial score (nSPS) is 11.2. The molecule has 14 nitrogen and oxygen atoms in total. The topological polar surface area (TPSA) is 190 Å². The zero-order valence-corrected chi connectivity index (χ0v) is 36.7. The van der Waals surface area contributed by atoms with E-state index in [4.69, 9.17) is 13.8 Å². The third-order valence-electron chi connectivity index (χ3n) is 7.22. The van der Waals surface area contributed by atoms with Gasteiger partial charge in [-0.3, -0.25) is 19.1 Å². The van der Waals surface area contributed by atoms with Crippen LogP contribution in [0.15, 0.2) is 67.0 Å². The number of nitrogens with one attached hydrogen (secondary N) is 3. The van der Waals surface area contributed by atoms with E-state index in [1.54, 1.807) is 18.5 Å². The highest BCUT2D eigenvalue weighted by Crippen LogP contribution is 2.19. The van der Waals surface area contributed by atoms with Crippen molar-refractivity contribution in [3.63, 3.8) is 0 Å². The first-order valence-corrected chi connectivity index (χ1v) is 19.8. The van der Waals surface area contributed by atoms with Gasteiger partial charge in [-0.15, -0.1) is 0 Å². The summed E-state index contributed by atoms with van der Waals surface area (Å²) in [7, 11) is 0. The molecular weight excluding hydrogens is 763 g/mol. The predicted octanol–water partition coefficient (Wildman–Crippen LogP) is 11.0. The second-order valence-corrected chi connectivity index (χ2v) is 15.9. The summed E-state index contributed by atoms with van der Waals surface area (Å²) in [5.74, 6) is 5.60. The second-order valence-electron chi connectivity index (χ2n) is 14.5. The predicted molar refractivity (Wildman–Crippen MR) is 236 cm³/mol. The Morgan fingerprint density at radius 2 is 1.40 bits per heavy atom. The summed E-state index contributed by atoms with van der Waals surface area (Å²) in [5, 5.41) is 10.2. The van der Waals surface area contributed by atoms with Crippen LogP contribution in [0.4, 0.5) is 0 Å². The zero-order chi connectivity index (χ0) is 41.8. The van der Waals surface area contributed by atoms with Gasteiger partial charge in [0.05, 0.1) is 23.9 Å². The molecule has 6 rings (SSSR count). The van der Waals surface area contributed by atoms with Crippen LogP contribution in [0, 0.1) is 26.7 Å². The van der Waals surface area contributed by atoms with Crippen molar-refractivity contribution < 1.29 is 13.8 Å². The number of nitrogens with zero attached hydrogens (tertiary/aromatic N) is 6. The van der Waals surface area contributed by atoms with Crippen molar-refractivity contribution in [1.29, 1.82) is 0 Å². The molecule has 0 atom stereocenters. The SMILES string of the molecule is C.C.C=C1N=C(C(C)C)NO1.CC(C)c1ncn[nH]1.CC(C)c1ns[nH]c1=O.Cc1cc(C(C)C)on1.Cc1cc(C(C)C)sn1.Cc1cocc(C(C)C)c1=O. The Bertz CT molecular complexity index is 1900. The van der Waals surface area contributed by atoms with Gasteiger partial charge in [0, 0.05) is 57.5 Å². The summed E-state index contributed by atoms with van der Waals surface area (Å²) in [5.41, 5.74) is 6.88. The first-order valence-electron chi connectivity index (χ1n) is 18.3. The molecule has 0 saturated carbocycles. The first kappa shape index (κ1) is 54.4. The molecular formula is C41H69N9O5S2. The average molecular weight is 832 g/mol. The highest BCUT2D eigenvalue weighted by atomic mass is 32.1. The number of H-pyrrole nitrogens is 2. The maximum atomic E-state index is 11.4. The quantitative estimate of drug-likeness (QED) is 0.148. The lowest BCUT2D eigenvalue weighted by atomic mass is 10.0. The molecule has 5 aromatic rings. The van der Waals surface area contributed by atoms with Gasteiger partial charge in [-0.1, -0.05) is 103 Å². The van der Waals surface area contributed by atoms with Crippen LogP contribution in [0.1, 0.15) is 172 Å². The molecule has 3 N–H and O–H groups in total. The summed E-state index contributed by atoms with van der Waals surface area (Å²) in [6.45, 7) is 33.8. The van der Waals surface area contributed by atoms with E-state index < -0.39 is 0 Å². The molecule has 0 radical (unpaired) electrons. The number of aromatic nitrogens is 7. The van der Waals surface area contributed by atoms with Gasteiger partial charge in [0.1, 0.15) is 29.4 Å². The van der Waals surface area contributed by atoms with Crippen molar-refractivity contribution in [3.8, 4) is 0 Å². The summed E-state index contributed by atoms with van der Waals surface area (Å²) < 4.78 is 20.6. The third kappa shape index (κ3) is 20.9. The standard InChI is InChI=1S/C9H12O2.C7H11NO.C7H11NS.C6H10N2O.C5H9N3.C5H8N2OS.2CH4/c1-6(2)8-5-11-4-7(3)9(8)10;2*1-5(2)7-4-6(3)8-9-7;1-4(2)6-7-5(3)9-8-6;1-4(2)5-6-3-7-8-5;1-3(2)4-5(8)7-9-6-4;;/h4-6H,1-3H3;2*4-5H,1-3H3;4H,3H2,1-2H3,(H,7,8);3-4H,1-2H3,(H,6,7,8);3H,1-2H3,(H,7,8);2*1H4. The Balaban J connectivity index is 0. The van der Waals surface area contributed by atoms with E-state index in [2.05, 4.69) is 98.1 Å². The Kier molecular flexibility index (Phi) is 26.6. The maximum absolute atomic E-state index is 11.4. The van der Waals surface area contributed by atoms with Gasteiger partial charge in [-0.05, 0) is 56.8 Å². The van der Waals surface area contributed by atoms with Crippen LogP contribution in [0.5, 0.6) is 0 Å². The number of hydrogen-bond donors (Lipinski definition) is 3. The molecule has 0 amide bonds. The van der Waals surface area contributed by atoms with E-state index in [1.807, 2.05) is 61.5 Å². The van der Waals surface area contributed by atoms with E-state index in [0.29, 0.717) is 40.8 Å². The van der Waals surface area contributed by atoms with E-state index in [9.17, 15) is 9.59 Å². The van der Waals surface area contributed by atoms with E-state index >= 15 is 0 Å². The largest absolute Gasteiger partial charge is 0.472 e. The van der Waals surface area contributed by atoms with Crippen LogP contribution >= 0.6 is 23.3 Å². The third-order valence-corrected chi connectivity index (χ3v) is 8.96. The minimum atomic E-state index is -0.0463. The molecule has 5 aromatic heterocycles. The van der Waals surface area contributed by atoms with Crippen LogP contribution < -0.4 is 16.5 Å². The molecule has 1 aliphatic heterocycles. The van der Waals surface area contributed by atoms with Crippen molar-refractivity contribution in [2.45, 2.75) is 148 Å². The first-order chi connectivity index (χ1) is 25.7. The Labute approximate surface area is 348 Å². The molecule has 0 aromatic carbocycles. The minimum Gasteiger partial charge on any atom is -0.472 e. The molecule has 57 heavy (non-hydrogen) atoms. The van der Waals surface area contributed by atoms with Gasteiger partial charge >= 0.3 is 0 Å². The minimum absolute atomic E-state index is 0. The monoisotopic (exact) mass is 831 g/mol.